The molecular weight excluding hydrogens is 380 g/mol. The Morgan fingerprint density at radius 3 is 2.48 bits per heavy atom. The maximum absolute atomic E-state index is 12.7. The minimum Gasteiger partial charge on any atom is -0.507 e. The molecule has 1 unspecified atom stereocenters. The van der Waals surface area contributed by atoms with E-state index in [-0.39, 0.29) is 28.9 Å². The third-order valence-electron chi connectivity index (χ3n) is 4.64. The fourth-order valence-electron chi connectivity index (χ4n) is 3.28. The largest absolute Gasteiger partial charge is 0.507 e. The molecule has 1 heterocycles. The van der Waals surface area contributed by atoms with Crippen LogP contribution < -0.4 is 4.74 Å². The number of benzene rings is 2. The minimum absolute atomic E-state index is 0.169. The molecule has 3 rings (SSSR count). The van der Waals surface area contributed by atoms with Crippen LogP contribution in [0, 0.1) is 10.1 Å². The standard InChI is InChI=1S/C20H18N2O7/c1-29-15-7-5-12(6-8-15)18(24)16-17(21(9-10-23)20(26)19(16)25)13-3-2-4-14(11-13)22(27)28/h2-8,11,17,23-24H,9-10H2,1H3/b18-16-. The van der Waals surface area contributed by atoms with Crippen LogP contribution in [0.3, 0.4) is 0 Å². The average Bonchev–Trinajstić information content (AvgIpc) is 2.98. The highest BCUT2D eigenvalue weighted by Crippen LogP contribution is 2.40. The van der Waals surface area contributed by atoms with Gasteiger partial charge in [0.05, 0.1) is 30.3 Å². The van der Waals surface area contributed by atoms with Gasteiger partial charge in [-0.1, -0.05) is 12.1 Å². The lowest BCUT2D eigenvalue weighted by Crippen LogP contribution is -2.32. The fourth-order valence-corrected chi connectivity index (χ4v) is 3.28. The van der Waals surface area contributed by atoms with Gasteiger partial charge in [0, 0.05) is 24.2 Å². The molecule has 29 heavy (non-hydrogen) atoms. The summed E-state index contributed by atoms with van der Waals surface area (Å²) in [7, 11) is 1.48. The van der Waals surface area contributed by atoms with Crippen LogP contribution >= 0.6 is 0 Å². The molecular formula is C20H18N2O7. The molecule has 1 amide bonds. The minimum atomic E-state index is -1.07. The van der Waals surface area contributed by atoms with Gasteiger partial charge in [-0.2, -0.15) is 0 Å². The van der Waals surface area contributed by atoms with Gasteiger partial charge in [0.1, 0.15) is 11.5 Å². The molecule has 0 radical (unpaired) electrons. The van der Waals surface area contributed by atoms with E-state index in [4.69, 9.17) is 4.74 Å². The van der Waals surface area contributed by atoms with Crippen molar-refractivity contribution in [2.24, 2.45) is 0 Å². The van der Waals surface area contributed by atoms with Crippen molar-refractivity contribution in [1.29, 1.82) is 0 Å². The van der Waals surface area contributed by atoms with Gasteiger partial charge < -0.3 is 19.8 Å². The number of likely N-dealkylation sites (tertiary alicyclic amines) is 1. The molecule has 2 aromatic rings. The van der Waals surface area contributed by atoms with Gasteiger partial charge in [0.25, 0.3) is 17.4 Å². The molecule has 0 bridgehead atoms. The summed E-state index contributed by atoms with van der Waals surface area (Å²) in [4.78, 5) is 36.8. The second-order valence-electron chi connectivity index (χ2n) is 6.30. The Hall–Kier alpha value is -3.72. The van der Waals surface area contributed by atoms with Gasteiger partial charge >= 0.3 is 0 Å². The number of ether oxygens (including phenoxy) is 1. The van der Waals surface area contributed by atoms with Crippen molar-refractivity contribution >= 4 is 23.1 Å². The summed E-state index contributed by atoms with van der Waals surface area (Å²) in [5, 5.41) is 31.3. The monoisotopic (exact) mass is 398 g/mol. The summed E-state index contributed by atoms with van der Waals surface area (Å²) in [6.07, 6.45) is 0. The molecule has 1 aliphatic rings. The number of β-amino-alcohol motifs (C(OH)–C–C–N with tert-alkyl or cyclic N) is 1. The first kappa shape index (κ1) is 20.0. The maximum atomic E-state index is 12.7. The number of hydrogen-bond acceptors (Lipinski definition) is 7. The Bertz CT molecular complexity index is 998. The number of methoxy groups -OCH3 is 1. The number of nitro benzene ring substituents is 1. The van der Waals surface area contributed by atoms with E-state index in [1.807, 2.05) is 0 Å². The van der Waals surface area contributed by atoms with Crippen molar-refractivity contribution in [3.8, 4) is 5.75 Å². The lowest BCUT2D eigenvalue weighted by Gasteiger charge is -2.24. The number of rotatable bonds is 6. The zero-order valence-electron chi connectivity index (χ0n) is 15.4. The summed E-state index contributed by atoms with van der Waals surface area (Å²) in [6, 6.07) is 10.6. The number of ketones is 1. The number of Topliss-reactive ketones (excluding diaryl/α,β-unsaturated/α-hetero) is 1. The first-order chi connectivity index (χ1) is 13.9. The number of aliphatic hydroxyl groups is 2. The van der Waals surface area contributed by atoms with Gasteiger partial charge in [-0.05, 0) is 29.8 Å². The second-order valence-corrected chi connectivity index (χ2v) is 6.30. The SMILES string of the molecule is COc1ccc(/C(O)=C2/C(=O)C(=O)N(CCO)C2c2cccc([N+](=O)[O-])c2)cc1. The quantitative estimate of drug-likeness (QED) is 0.250. The molecule has 150 valence electrons. The number of carbonyl (C=O) groups is 2. The normalized spacial score (nSPS) is 18.1. The van der Waals surface area contributed by atoms with Gasteiger partial charge in [-0.15, -0.1) is 0 Å². The van der Waals surface area contributed by atoms with Crippen molar-refractivity contribution in [2.75, 3.05) is 20.3 Å². The molecule has 0 saturated carbocycles. The fraction of sp³-hybridized carbons (Fsp3) is 0.200. The zero-order chi connectivity index (χ0) is 21.1. The number of nitrogens with zero attached hydrogens (tertiary/aromatic N) is 2. The number of carbonyl (C=O) groups excluding carboxylic acids is 2. The highest BCUT2D eigenvalue weighted by molar-refractivity contribution is 6.46. The van der Waals surface area contributed by atoms with Gasteiger partial charge in [0.15, 0.2) is 0 Å². The van der Waals surface area contributed by atoms with Crippen LogP contribution in [0.25, 0.3) is 5.76 Å². The summed E-state index contributed by atoms with van der Waals surface area (Å²) < 4.78 is 5.07. The highest BCUT2D eigenvalue weighted by Gasteiger charge is 2.46. The Morgan fingerprint density at radius 2 is 1.90 bits per heavy atom. The molecule has 9 heteroatoms. The summed E-state index contributed by atoms with van der Waals surface area (Å²) in [5.41, 5.74) is 0.140. The second kappa shape index (κ2) is 8.11. The summed E-state index contributed by atoms with van der Waals surface area (Å²) in [6.45, 7) is -0.585. The topological polar surface area (TPSA) is 130 Å². The van der Waals surface area contributed by atoms with Crippen LogP contribution in [0.1, 0.15) is 17.2 Å². The molecule has 1 atom stereocenters. The van der Waals surface area contributed by atoms with E-state index in [0.717, 1.165) is 4.90 Å². The first-order valence-corrected chi connectivity index (χ1v) is 8.67. The summed E-state index contributed by atoms with van der Waals surface area (Å²) in [5.74, 6) is -1.70. The predicted octanol–water partition coefficient (Wildman–Crippen LogP) is 2.02. The molecule has 1 aliphatic heterocycles. The van der Waals surface area contributed by atoms with Crippen LogP contribution in [0.4, 0.5) is 5.69 Å². The maximum Gasteiger partial charge on any atom is 0.295 e. The van der Waals surface area contributed by atoms with E-state index in [1.165, 1.54) is 43.5 Å². The molecule has 0 aliphatic carbocycles. The van der Waals surface area contributed by atoms with E-state index in [0.29, 0.717) is 5.75 Å². The van der Waals surface area contributed by atoms with Crippen molar-refractivity contribution < 1.29 is 29.5 Å². The van der Waals surface area contributed by atoms with Gasteiger partial charge in [0.2, 0.25) is 0 Å². The molecule has 1 fully saturated rings. The number of aliphatic hydroxyl groups excluding tert-OH is 2. The molecule has 2 N–H and O–H groups in total. The lowest BCUT2D eigenvalue weighted by atomic mass is 9.95. The van der Waals surface area contributed by atoms with Crippen molar-refractivity contribution in [3.63, 3.8) is 0 Å². The van der Waals surface area contributed by atoms with E-state index in [2.05, 4.69) is 0 Å². The Kier molecular flexibility index (Phi) is 5.60. The van der Waals surface area contributed by atoms with Crippen LogP contribution in [0.2, 0.25) is 0 Å². The smallest absolute Gasteiger partial charge is 0.295 e. The lowest BCUT2D eigenvalue weighted by molar-refractivity contribution is -0.384. The van der Waals surface area contributed by atoms with Crippen LogP contribution in [0.15, 0.2) is 54.1 Å². The van der Waals surface area contributed by atoms with Crippen LogP contribution in [-0.2, 0) is 9.59 Å². The number of non-ortho nitro benzene ring substituents is 1. The Balaban J connectivity index is 2.18. The predicted molar refractivity (Wildman–Crippen MR) is 102 cm³/mol. The Labute approximate surface area is 165 Å². The molecule has 0 aromatic heterocycles. The van der Waals surface area contributed by atoms with E-state index >= 15 is 0 Å². The van der Waals surface area contributed by atoms with Crippen molar-refractivity contribution in [1.82, 2.24) is 4.90 Å². The van der Waals surface area contributed by atoms with E-state index in [9.17, 15) is 29.9 Å². The molecule has 2 aromatic carbocycles. The molecule has 1 saturated heterocycles. The van der Waals surface area contributed by atoms with Gasteiger partial charge in [-0.25, -0.2) is 0 Å². The number of amides is 1. The Morgan fingerprint density at radius 1 is 1.21 bits per heavy atom. The first-order valence-electron chi connectivity index (χ1n) is 8.67. The third-order valence-corrected chi connectivity index (χ3v) is 4.64. The molecule has 9 nitrogen and oxygen atoms in total. The van der Waals surface area contributed by atoms with E-state index in [1.54, 1.807) is 12.1 Å². The van der Waals surface area contributed by atoms with Gasteiger partial charge in [-0.3, -0.25) is 19.7 Å². The van der Waals surface area contributed by atoms with Crippen molar-refractivity contribution in [2.45, 2.75) is 6.04 Å². The average molecular weight is 398 g/mol. The molecule has 0 spiro atoms. The summed E-state index contributed by atoms with van der Waals surface area (Å²) >= 11 is 0. The third kappa shape index (κ3) is 3.67. The zero-order valence-corrected chi connectivity index (χ0v) is 15.4. The number of hydrogen-bond donors (Lipinski definition) is 2. The van der Waals surface area contributed by atoms with Crippen LogP contribution in [0.5, 0.6) is 5.75 Å². The van der Waals surface area contributed by atoms with Crippen molar-refractivity contribution in [3.05, 3.63) is 75.3 Å². The van der Waals surface area contributed by atoms with E-state index < -0.39 is 35.0 Å². The number of nitro groups is 1. The van der Waals surface area contributed by atoms with Crippen LogP contribution in [-0.4, -0.2) is 52.0 Å². The highest BCUT2D eigenvalue weighted by atomic mass is 16.6.